The molecule has 0 atom stereocenters. The fourth-order valence-electron chi connectivity index (χ4n) is 3.74. The maximum atomic E-state index is 13.8. The van der Waals surface area contributed by atoms with E-state index in [1.807, 2.05) is 18.2 Å². The number of hydrogen-bond acceptors (Lipinski definition) is 3. The van der Waals surface area contributed by atoms with Crippen molar-refractivity contribution in [2.24, 2.45) is 5.92 Å². The Hall–Kier alpha value is -2.56. The minimum absolute atomic E-state index is 0.0835. The van der Waals surface area contributed by atoms with E-state index in [1.54, 1.807) is 25.3 Å². The number of allylic oxidation sites excluding steroid dienone is 1. The minimum Gasteiger partial charge on any atom is -0.385 e. The van der Waals surface area contributed by atoms with Crippen LogP contribution in [0.1, 0.15) is 43.7 Å². The molecule has 0 spiro atoms. The van der Waals surface area contributed by atoms with Crippen LogP contribution in [0.3, 0.4) is 0 Å². The zero-order valence-electron chi connectivity index (χ0n) is 16.8. The molecule has 1 aromatic carbocycles. The zero-order valence-corrected chi connectivity index (χ0v) is 16.8. The molecule has 0 bridgehead atoms. The lowest BCUT2D eigenvalue weighted by Crippen LogP contribution is -2.34. The number of H-pyrrole nitrogens is 1. The van der Waals surface area contributed by atoms with E-state index in [0.717, 1.165) is 62.3 Å². The highest BCUT2D eigenvalue weighted by atomic mass is 19.1. The minimum atomic E-state index is -0.124. The van der Waals surface area contributed by atoms with Crippen LogP contribution in [0.15, 0.2) is 47.4 Å². The van der Waals surface area contributed by atoms with Crippen LogP contribution in [0.2, 0.25) is 0 Å². The number of pyridine rings is 1. The molecule has 0 radical (unpaired) electrons. The number of aromatic amines is 1. The first-order chi connectivity index (χ1) is 13.6. The predicted octanol–water partition coefficient (Wildman–Crippen LogP) is 4.47. The molecule has 2 heterocycles. The number of nitrogens with one attached hydrogen (secondary N) is 2. The second-order valence-electron chi connectivity index (χ2n) is 7.55. The Bertz CT molecular complexity index is 846. The first-order valence-electron chi connectivity index (χ1n) is 10.2. The van der Waals surface area contributed by atoms with E-state index in [2.05, 4.69) is 28.2 Å². The normalized spacial score (nSPS) is 15.7. The van der Waals surface area contributed by atoms with E-state index in [0.29, 0.717) is 11.5 Å². The average Bonchev–Trinajstić information content (AvgIpc) is 2.71. The molecule has 1 fully saturated rings. The van der Waals surface area contributed by atoms with Gasteiger partial charge in [-0.2, -0.15) is 0 Å². The molecule has 28 heavy (non-hydrogen) atoms. The summed E-state index contributed by atoms with van der Waals surface area (Å²) >= 11 is 0. The summed E-state index contributed by atoms with van der Waals surface area (Å²) in [6.07, 6.45) is 8.22. The summed E-state index contributed by atoms with van der Waals surface area (Å²) in [4.78, 5) is 16.3. The summed E-state index contributed by atoms with van der Waals surface area (Å²) in [6, 6.07) is 8.95. The van der Waals surface area contributed by atoms with E-state index in [9.17, 15) is 9.18 Å². The van der Waals surface area contributed by atoms with Crippen molar-refractivity contribution in [2.45, 2.75) is 39.5 Å². The molecule has 0 saturated carbocycles. The topological polar surface area (TPSA) is 48.1 Å². The Kier molecular flexibility index (Phi) is 6.90. The van der Waals surface area contributed by atoms with E-state index >= 15 is 0 Å². The van der Waals surface area contributed by atoms with Gasteiger partial charge >= 0.3 is 0 Å². The molecule has 3 rings (SSSR count). The van der Waals surface area contributed by atoms with Gasteiger partial charge in [0.25, 0.3) is 0 Å². The summed E-state index contributed by atoms with van der Waals surface area (Å²) in [6.45, 7) is 6.77. The van der Waals surface area contributed by atoms with Gasteiger partial charge in [-0.15, -0.1) is 0 Å². The number of aryl methyl sites for hydroxylation is 1. The smallest absolute Gasteiger partial charge is 0.247 e. The number of nitrogens with zero attached hydrogens (tertiary/aromatic N) is 1. The van der Waals surface area contributed by atoms with Gasteiger partial charge < -0.3 is 15.2 Å². The van der Waals surface area contributed by atoms with E-state index in [-0.39, 0.29) is 11.4 Å². The van der Waals surface area contributed by atoms with Gasteiger partial charge in [-0.3, -0.25) is 4.79 Å². The monoisotopic (exact) mass is 383 g/mol. The van der Waals surface area contributed by atoms with Crippen LogP contribution < -0.4 is 15.8 Å². The lowest BCUT2D eigenvalue weighted by Gasteiger charge is -2.34. The maximum absolute atomic E-state index is 13.8. The summed E-state index contributed by atoms with van der Waals surface area (Å²) < 4.78 is 13.8. The molecule has 0 amide bonds. The molecular weight excluding hydrogens is 353 g/mol. The number of anilines is 1. The van der Waals surface area contributed by atoms with E-state index < -0.39 is 0 Å². The molecule has 4 nitrogen and oxygen atoms in total. The SMILES string of the molecule is CC/C=C(/NCCC1CCN(c2ccc(C)c(F)c2)CC1)c1ccc(=O)[nH]c1. The zero-order chi connectivity index (χ0) is 19.9. The van der Waals surface area contributed by atoms with Crippen molar-refractivity contribution in [3.05, 3.63) is 69.9 Å². The maximum Gasteiger partial charge on any atom is 0.247 e. The lowest BCUT2D eigenvalue weighted by molar-refractivity contribution is 0.380. The summed E-state index contributed by atoms with van der Waals surface area (Å²) in [5.74, 6) is 0.554. The van der Waals surface area contributed by atoms with Crippen LogP contribution in [0.25, 0.3) is 5.70 Å². The highest BCUT2D eigenvalue weighted by Gasteiger charge is 2.19. The van der Waals surface area contributed by atoms with Crippen LogP contribution >= 0.6 is 0 Å². The van der Waals surface area contributed by atoms with Crippen LogP contribution in [0, 0.1) is 18.7 Å². The van der Waals surface area contributed by atoms with Gasteiger partial charge in [0.1, 0.15) is 5.82 Å². The average molecular weight is 384 g/mol. The third-order valence-corrected chi connectivity index (χ3v) is 5.51. The first kappa shape index (κ1) is 20.2. The molecular formula is C23H30FN3O. The van der Waals surface area contributed by atoms with Gasteiger partial charge in [0, 0.05) is 48.8 Å². The third kappa shape index (κ3) is 5.24. The summed E-state index contributed by atoms with van der Waals surface area (Å²) in [7, 11) is 0. The van der Waals surface area contributed by atoms with Crippen molar-refractivity contribution >= 4 is 11.4 Å². The molecule has 2 aromatic rings. The first-order valence-corrected chi connectivity index (χ1v) is 10.2. The van der Waals surface area contributed by atoms with Crippen molar-refractivity contribution in [1.29, 1.82) is 0 Å². The van der Waals surface area contributed by atoms with Gasteiger partial charge in [-0.05, 0) is 62.3 Å². The number of benzene rings is 1. The van der Waals surface area contributed by atoms with Crippen LogP contribution in [0.4, 0.5) is 10.1 Å². The molecule has 5 heteroatoms. The molecule has 1 aliphatic heterocycles. The third-order valence-electron chi connectivity index (χ3n) is 5.51. The Morgan fingerprint density at radius 2 is 2.07 bits per heavy atom. The lowest BCUT2D eigenvalue weighted by atomic mass is 9.93. The number of piperidine rings is 1. The second kappa shape index (κ2) is 9.58. The van der Waals surface area contributed by atoms with Gasteiger partial charge in [-0.25, -0.2) is 4.39 Å². The number of aromatic nitrogens is 1. The fraction of sp³-hybridized carbons (Fsp3) is 0.435. The highest BCUT2D eigenvalue weighted by molar-refractivity contribution is 5.62. The summed E-state index contributed by atoms with van der Waals surface area (Å²) in [5, 5.41) is 3.54. The molecule has 150 valence electrons. The Morgan fingerprint density at radius 3 is 2.71 bits per heavy atom. The van der Waals surface area contributed by atoms with Gasteiger partial charge in [-0.1, -0.05) is 19.1 Å². The molecule has 1 aromatic heterocycles. The Balaban J connectivity index is 1.48. The second-order valence-corrected chi connectivity index (χ2v) is 7.55. The molecule has 1 saturated heterocycles. The van der Waals surface area contributed by atoms with Crippen molar-refractivity contribution in [1.82, 2.24) is 10.3 Å². The van der Waals surface area contributed by atoms with Crippen molar-refractivity contribution in [2.75, 3.05) is 24.5 Å². The molecule has 2 N–H and O–H groups in total. The van der Waals surface area contributed by atoms with Crippen molar-refractivity contribution in [3.63, 3.8) is 0 Å². The van der Waals surface area contributed by atoms with Crippen LogP contribution in [0.5, 0.6) is 0 Å². The van der Waals surface area contributed by atoms with E-state index in [4.69, 9.17) is 0 Å². The van der Waals surface area contributed by atoms with Crippen molar-refractivity contribution < 1.29 is 4.39 Å². The van der Waals surface area contributed by atoms with Gasteiger partial charge in [0.05, 0.1) is 0 Å². The van der Waals surface area contributed by atoms with Crippen molar-refractivity contribution in [3.8, 4) is 0 Å². The number of rotatable bonds is 7. The largest absolute Gasteiger partial charge is 0.385 e. The molecule has 1 aliphatic rings. The van der Waals surface area contributed by atoms with Gasteiger partial charge in [0.15, 0.2) is 0 Å². The van der Waals surface area contributed by atoms with E-state index in [1.165, 1.54) is 0 Å². The van der Waals surface area contributed by atoms with Crippen LogP contribution in [-0.2, 0) is 0 Å². The van der Waals surface area contributed by atoms with Gasteiger partial charge in [0.2, 0.25) is 5.56 Å². The Labute approximate surface area is 166 Å². The summed E-state index contributed by atoms with van der Waals surface area (Å²) in [5.41, 5.74) is 3.69. The molecule has 0 aliphatic carbocycles. The molecule has 0 unspecified atom stereocenters. The Morgan fingerprint density at radius 1 is 1.29 bits per heavy atom. The standard InChI is InChI=1S/C23H30FN3O/c1-3-4-22(19-6-8-23(28)26-16-19)25-12-9-18-10-13-27(14-11-18)20-7-5-17(2)21(24)15-20/h4-8,15-16,18,25H,3,9-14H2,1-2H3,(H,26,28)/b22-4+. The number of halogens is 1. The quantitative estimate of drug-likeness (QED) is 0.742. The predicted molar refractivity (Wildman–Crippen MR) is 114 cm³/mol. The fourth-order valence-corrected chi connectivity index (χ4v) is 3.74. The highest BCUT2D eigenvalue weighted by Crippen LogP contribution is 2.26. The number of hydrogen-bond donors (Lipinski definition) is 2. The van der Waals surface area contributed by atoms with Crippen LogP contribution in [-0.4, -0.2) is 24.6 Å².